The molecule has 1 heterocycles. The van der Waals surface area contributed by atoms with Gasteiger partial charge in [0.2, 0.25) is 0 Å². The van der Waals surface area contributed by atoms with E-state index in [9.17, 15) is 9.60 Å². The average molecular weight is 544 g/mol. The summed E-state index contributed by atoms with van der Waals surface area (Å²) in [6, 6.07) is -17.7. The molecule has 0 saturated heterocycles. The molecule has 0 bridgehead atoms. The van der Waals surface area contributed by atoms with Crippen LogP contribution in [0.4, 0.5) is 0 Å². The number of rotatable bonds is 2. The summed E-state index contributed by atoms with van der Waals surface area (Å²) in [7, 11) is 0. The Labute approximate surface area is 269 Å². The maximum absolute atomic E-state index is 9.45. The minimum Gasteiger partial charge on any atom is -0.455 e. The van der Waals surface area contributed by atoms with Gasteiger partial charge in [0.25, 0.3) is 0 Å². The summed E-state index contributed by atoms with van der Waals surface area (Å²) in [5.41, 5.74) is -3.05. The van der Waals surface area contributed by atoms with Crippen molar-refractivity contribution in [1.82, 2.24) is 0 Å². The summed E-state index contributed by atoms with van der Waals surface area (Å²) in [6.07, 6.45) is 0. The van der Waals surface area contributed by atoms with Crippen LogP contribution in [0.5, 0.6) is 0 Å². The zero-order valence-corrected chi connectivity index (χ0v) is 20.5. The fourth-order valence-corrected chi connectivity index (χ4v) is 5.34. The van der Waals surface area contributed by atoms with E-state index in [1.807, 2.05) is 0 Å². The molecule has 190 valence electrons. The molecule has 0 saturated carbocycles. The first-order chi connectivity index (χ1) is 29.9. The Hall–Kier alpha value is -5.40. The minimum atomic E-state index is -0.919. The van der Waals surface area contributed by atoms with Crippen LogP contribution in [0.15, 0.2) is 149 Å². The molecule has 41 heavy (non-hydrogen) atoms. The number of hydrogen-bond acceptors (Lipinski definition) is 1. The Morgan fingerprint density at radius 3 is 1.59 bits per heavy atom. The van der Waals surface area contributed by atoms with Gasteiger partial charge in [-0.05, 0) is 72.1 Å². The third-order valence-corrected chi connectivity index (χ3v) is 7.00. The van der Waals surface area contributed by atoms with Crippen molar-refractivity contribution in [2.45, 2.75) is 0 Å². The summed E-state index contributed by atoms with van der Waals surface area (Å²) in [6.45, 7) is 0. The summed E-state index contributed by atoms with van der Waals surface area (Å²) in [5.74, 6) is 0. The SMILES string of the molecule is [2H]c1cc2oc3c4c([2H])c([2H])c([2H])c([2H])c4c([2H])c([2H])c3c2c(-c2c3c([2H])c([2H])c([2H])c([2H])c3c(-c3c([2H])c([2H])c([2H])c4c([2H])c([2H])c([2H])c([2H])c34)c3c([2H])c([2H])c([2H])c([2H])c23)c1[2H]. The lowest BCUT2D eigenvalue weighted by Crippen LogP contribution is -1.92. The van der Waals surface area contributed by atoms with E-state index in [2.05, 4.69) is 0 Å². The second-order valence-corrected chi connectivity index (χ2v) is 9.08. The monoisotopic (exact) mass is 543 g/mol. The molecular weight excluding hydrogens is 496 g/mol. The third-order valence-electron chi connectivity index (χ3n) is 7.00. The van der Waals surface area contributed by atoms with Gasteiger partial charge < -0.3 is 4.42 Å². The largest absolute Gasteiger partial charge is 0.455 e. The van der Waals surface area contributed by atoms with Crippen LogP contribution >= 0.6 is 0 Å². The molecule has 0 amide bonds. The van der Waals surface area contributed by atoms with Gasteiger partial charge in [0.15, 0.2) is 0 Å². The summed E-state index contributed by atoms with van der Waals surface area (Å²) < 4.78 is 211. The van der Waals surface area contributed by atoms with Crippen molar-refractivity contribution in [1.29, 1.82) is 0 Å². The second kappa shape index (κ2) is 8.55. The molecule has 9 aromatic rings. The number of benzene rings is 8. The molecule has 0 unspecified atom stereocenters. The van der Waals surface area contributed by atoms with Crippen LogP contribution in [0.25, 0.3) is 87.3 Å². The highest BCUT2D eigenvalue weighted by molar-refractivity contribution is 6.28. The van der Waals surface area contributed by atoms with Gasteiger partial charge in [-0.25, -0.2) is 0 Å². The highest BCUT2D eigenvalue weighted by atomic mass is 16.3. The van der Waals surface area contributed by atoms with Gasteiger partial charge in [-0.1, -0.05) is 133 Å². The van der Waals surface area contributed by atoms with Crippen molar-refractivity contribution < 1.29 is 35.9 Å². The van der Waals surface area contributed by atoms with Gasteiger partial charge in [0.1, 0.15) is 11.2 Å². The molecule has 9 rings (SSSR count). The molecule has 1 aromatic heterocycles. The predicted molar refractivity (Wildman–Crippen MR) is 175 cm³/mol. The van der Waals surface area contributed by atoms with Crippen molar-refractivity contribution in [3.63, 3.8) is 0 Å². The predicted octanol–water partition coefficient (Wildman–Crippen LogP) is 11.5. The summed E-state index contributed by atoms with van der Waals surface area (Å²) in [5, 5.41) is -5.03. The van der Waals surface area contributed by atoms with Gasteiger partial charge in [-0.15, -0.1) is 0 Å². The van der Waals surface area contributed by atoms with Crippen molar-refractivity contribution >= 4 is 65.0 Å². The molecule has 1 heteroatoms. The van der Waals surface area contributed by atoms with E-state index in [-0.39, 0.29) is 21.7 Å². The smallest absolute Gasteiger partial charge is 0.143 e. The van der Waals surface area contributed by atoms with Crippen molar-refractivity contribution in [2.75, 3.05) is 0 Å². The second-order valence-electron chi connectivity index (χ2n) is 9.08. The summed E-state index contributed by atoms with van der Waals surface area (Å²) >= 11 is 0. The van der Waals surface area contributed by atoms with Crippen molar-refractivity contribution in [3.05, 3.63) is 145 Å². The third kappa shape index (κ3) is 3.18. The lowest BCUT2D eigenvalue weighted by molar-refractivity contribution is 0.673. The van der Waals surface area contributed by atoms with Crippen molar-refractivity contribution in [3.8, 4) is 22.3 Å². The Morgan fingerprint density at radius 2 is 0.902 bits per heavy atom. The zero-order chi connectivity index (χ0) is 46.9. The summed E-state index contributed by atoms with van der Waals surface area (Å²) in [4.78, 5) is 0. The molecule has 0 N–H and O–H groups in total. The highest BCUT2D eigenvalue weighted by Crippen LogP contribution is 2.48. The Morgan fingerprint density at radius 1 is 0.390 bits per heavy atom. The van der Waals surface area contributed by atoms with E-state index in [0.29, 0.717) is 0 Å². The minimum absolute atomic E-state index is 0.313. The van der Waals surface area contributed by atoms with Gasteiger partial charge in [0, 0.05) is 16.2 Å². The van der Waals surface area contributed by atoms with E-state index in [4.69, 9.17) is 26.3 Å². The Balaban J connectivity index is 1.69. The van der Waals surface area contributed by atoms with Crippen LogP contribution in [-0.2, 0) is 0 Å². The number of hydrogen-bond donors (Lipinski definition) is 0. The molecule has 0 radical (unpaired) electrons. The molecule has 1 nitrogen and oxygen atoms in total. The highest BCUT2D eigenvalue weighted by Gasteiger charge is 2.21. The lowest BCUT2D eigenvalue weighted by Gasteiger charge is -2.19. The van der Waals surface area contributed by atoms with Gasteiger partial charge in [0.05, 0.1) is 31.5 Å². The van der Waals surface area contributed by atoms with Crippen LogP contribution < -0.4 is 0 Å². The van der Waals surface area contributed by atoms with Gasteiger partial charge >= 0.3 is 0 Å². The molecule has 0 fully saturated rings. The Kier molecular flexibility index (Phi) is 2.00. The fourth-order valence-electron chi connectivity index (χ4n) is 5.34. The molecule has 0 atom stereocenters. The van der Waals surface area contributed by atoms with E-state index in [1.165, 1.54) is 0 Å². The molecule has 0 spiro atoms. The van der Waals surface area contributed by atoms with Gasteiger partial charge in [-0.2, -0.15) is 0 Å². The van der Waals surface area contributed by atoms with Crippen molar-refractivity contribution in [2.24, 2.45) is 0 Å². The van der Waals surface area contributed by atoms with Crippen LogP contribution in [0.1, 0.15) is 31.5 Å². The Bertz CT molecular complexity index is 3670. The molecule has 8 aromatic carbocycles. The van der Waals surface area contributed by atoms with E-state index in [0.717, 1.165) is 6.07 Å². The van der Waals surface area contributed by atoms with Crippen LogP contribution in [0.2, 0.25) is 0 Å². The first-order valence-electron chi connectivity index (χ1n) is 23.7. The fraction of sp³-hybridized carbons (Fsp3) is 0. The normalized spacial score (nSPS) is 19.8. The van der Waals surface area contributed by atoms with E-state index >= 15 is 0 Å². The lowest BCUT2D eigenvalue weighted by atomic mass is 9.84. The molecule has 0 aliphatic carbocycles. The van der Waals surface area contributed by atoms with Crippen LogP contribution in [0, 0.1) is 0 Å². The number of furan rings is 1. The average Bonchev–Trinajstić information content (AvgIpc) is 3.64. The molecule has 0 aliphatic rings. The zero-order valence-electron chi connectivity index (χ0n) is 43.5. The maximum Gasteiger partial charge on any atom is 0.143 e. The molecular formula is C40H24O. The van der Waals surface area contributed by atoms with E-state index < -0.39 is 205 Å². The van der Waals surface area contributed by atoms with Gasteiger partial charge in [-0.3, -0.25) is 0 Å². The topological polar surface area (TPSA) is 13.1 Å². The quantitative estimate of drug-likeness (QED) is 0.198. The van der Waals surface area contributed by atoms with Crippen LogP contribution in [0.3, 0.4) is 0 Å². The first-order valence-corrected chi connectivity index (χ1v) is 12.2. The number of fused-ring (bicyclic) bond motifs is 8. The molecule has 0 aliphatic heterocycles. The van der Waals surface area contributed by atoms with Crippen LogP contribution in [-0.4, -0.2) is 0 Å². The first kappa shape index (κ1) is 9.61. The van der Waals surface area contributed by atoms with E-state index in [1.54, 1.807) is 0 Å². The standard InChI is InChI=1S/C40H24O/c1-3-14-27-25(11-1)13-9-20-29(27)37-30-16-5-7-18-32(30)38(33-19-8-6-17-31(33)37)34-21-10-22-36-39(34)35-24-23-26-12-2-4-15-28(26)40(35)41-36/h1-24H/i1D,2D,3D,4D,5D,6D,7D,8D,9D,10D,11D,12D,13D,14D,15D,16D,17D,18D,19D,20D,21D,23D,24D. The maximum atomic E-state index is 9.45.